The van der Waals surface area contributed by atoms with Crippen molar-refractivity contribution in [3.63, 3.8) is 0 Å². The van der Waals surface area contributed by atoms with Gasteiger partial charge in [0.25, 0.3) is 0 Å². The molecule has 0 aliphatic rings. The van der Waals surface area contributed by atoms with Gasteiger partial charge < -0.3 is 14.5 Å². The number of carbonyl (C=O) groups excluding carboxylic acids is 1. The van der Waals surface area contributed by atoms with E-state index in [0.29, 0.717) is 11.3 Å². The third-order valence-corrected chi connectivity index (χ3v) is 2.94. The number of aryl methyl sites for hydroxylation is 1. The highest BCUT2D eigenvalue weighted by molar-refractivity contribution is 5.90. The Kier molecular flexibility index (Phi) is 4.22. The number of furan rings is 1. The summed E-state index contributed by atoms with van der Waals surface area (Å²) in [4.78, 5) is 21.4. The van der Waals surface area contributed by atoms with Crippen molar-refractivity contribution >= 4 is 17.5 Å². The van der Waals surface area contributed by atoms with Crippen LogP contribution in [0.15, 0.2) is 34.7 Å². The average Bonchev–Trinajstić information content (AvgIpc) is 2.94. The summed E-state index contributed by atoms with van der Waals surface area (Å²) in [5.74, 6) is -0.289. The van der Waals surface area contributed by atoms with Gasteiger partial charge in [0.15, 0.2) is 0 Å². The Morgan fingerprint density at radius 2 is 2.14 bits per heavy atom. The van der Waals surface area contributed by atoms with E-state index < -0.39 is 10.9 Å². The molecule has 2 rings (SSSR count). The lowest BCUT2D eigenvalue weighted by atomic mass is 10.1. The first-order valence-corrected chi connectivity index (χ1v) is 6.17. The summed E-state index contributed by atoms with van der Waals surface area (Å²) < 4.78 is 9.72. The average molecular weight is 290 g/mol. The van der Waals surface area contributed by atoms with E-state index in [0.717, 1.165) is 11.3 Å². The maximum atomic E-state index is 11.5. The van der Waals surface area contributed by atoms with Crippen molar-refractivity contribution in [2.24, 2.45) is 0 Å². The zero-order valence-corrected chi connectivity index (χ0v) is 11.6. The predicted molar refractivity (Wildman–Crippen MR) is 75.2 cm³/mol. The van der Waals surface area contributed by atoms with Crippen LogP contribution in [0.3, 0.4) is 0 Å². The summed E-state index contributed by atoms with van der Waals surface area (Å²) in [6.07, 6.45) is 0. The van der Waals surface area contributed by atoms with E-state index in [1.165, 1.54) is 19.2 Å². The molecule has 1 N–H and O–H groups in total. The summed E-state index contributed by atoms with van der Waals surface area (Å²) in [6, 6.07) is 7.96. The van der Waals surface area contributed by atoms with Crippen LogP contribution in [-0.2, 0) is 11.3 Å². The van der Waals surface area contributed by atoms with Crippen molar-refractivity contribution in [3.8, 4) is 0 Å². The molecule has 0 saturated heterocycles. The number of methoxy groups -OCH3 is 1. The molecule has 0 aliphatic heterocycles. The second-order valence-electron chi connectivity index (χ2n) is 4.37. The summed E-state index contributed by atoms with van der Waals surface area (Å²) in [5, 5.41) is 13.6. The minimum absolute atomic E-state index is 0.277. The highest BCUT2D eigenvalue weighted by Crippen LogP contribution is 2.20. The number of benzene rings is 1. The standard InChI is InChI=1S/C14H14N2O5/c1-9-3-4-10(14(17)20-2)7-12(9)15-8-11-5-6-13(21-11)16(18)19/h3-7,15H,8H2,1-2H3. The predicted octanol–water partition coefficient (Wildman–Crippen LogP) is 2.89. The molecule has 0 unspecified atom stereocenters. The number of hydrogen-bond acceptors (Lipinski definition) is 6. The molecule has 1 aromatic carbocycles. The number of esters is 1. The normalized spacial score (nSPS) is 10.2. The minimum atomic E-state index is -0.591. The number of carbonyl (C=O) groups is 1. The smallest absolute Gasteiger partial charge is 0.433 e. The Labute approximate surface area is 120 Å². The van der Waals surface area contributed by atoms with E-state index in [9.17, 15) is 14.9 Å². The molecule has 2 aromatic rings. The molecule has 110 valence electrons. The molecule has 1 heterocycles. The monoisotopic (exact) mass is 290 g/mol. The number of nitrogens with one attached hydrogen (secondary N) is 1. The molecule has 0 atom stereocenters. The van der Waals surface area contributed by atoms with E-state index in [1.54, 1.807) is 18.2 Å². The van der Waals surface area contributed by atoms with Crippen molar-refractivity contribution in [1.82, 2.24) is 0 Å². The van der Waals surface area contributed by atoms with Crippen LogP contribution < -0.4 is 5.32 Å². The summed E-state index contributed by atoms with van der Waals surface area (Å²) >= 11 is 0. The van der Waals surface area contributed by atoms with Crippen molar-refractivity contribution < 1.29 is 18.9 Å². The molecule has 0 aliphatic carbocycles. The summed E-state index contributed by atoms with van der Waals surface area (Å²) in [6.45, 7) is 2.16. The van der Waals surface area contributed by atoms with Crippen LogP contribution in [-0.4, -0.2) is 18.0 Å². The SMILES string of the molecule is COC(=O)c1ccc(C)c(NCc2ccc([N+](=O)[O-])o2)c1. The molecular formula is C14H14N2O5. The van der Waals surface area contributed by atoms with Crippen LogP contribution in [0.1, 0.15) is 21.7 Å². The number of ether oxygens (including phenoxy) is 1. The van der Waals surface area contributed by atoms with Gasteiger partial charge in [-0.1, -0.05) is 6.07 Å². The molecular weight excluding hydrogens is 276 g/mol. The second-order valence-corrected chi connectivity index (χ2v) is 4.37. The first kappa shape index (κ1) is 14.6. The van der Waals surface area contributed by atoms with Gasteiger partial charge in [-0.2, -0.15) is 0 Å². The van der Waals surface area contributed by atoms with E-state index in [4.69, 9.17) is 4.42 Å². The first-order valence-electron chi connectivity index (χ1n) is 6.17. The molecule has 0 bridgehead atoms. The van der Waals surface area contributed by atoms with Gasteiger partial charge in [0.1, 0.15) is 10.7 Å². The molecule has 0 spiro atoms. The van der Waals surface area contributed by atoms with Crippen molar-refractivity contribution in [2.45, 2.75) is 13.5 Å². The lowest BCUT2D eigenvalue weighted by molar-refractivity contribution is -0.402. The van der Waals surface area contributed by atoms with Crippen molar-refractivity contribution in [3.05, 3.63) is 57.3 Å². The minimum Gasteiger partial charge on any atom is -0.465 e. The second kappa shape index (κ2) is 6.08. The van der Waals surface area contributed by atoms with Crippen molar-refractivity contribution in [2.75, 3.05) is 12.4 Å². The first-order chi connectivity index (χ1) is 10.0. The van der Waals surface area contributed by atoms with E-state index in [1.807, 2.05) is 6.92 Å². The van der Waals surface area contributed by atoms with Crippen LogP contribution in [0.2, 0.25) is 0 Å². The van der Waals surface area contributed by atoms with Gasteiger partial charge in [-0.15, -0.1) is 0 Å². The highest BCUT2D eigenvalue weighted by Gasteiger charge is 2.12. The van der Waals surface area contributed by atoms with E-state index in [2.05, 4.69) is 10.1 Å². The third kappa shape index (κ3) is 3.38. The third-order valence-electron chi connectivity index (χ3n) is 2.94. The van der Waals surface area contributed by atoms with Gasteiger partial charge in [-0.3, -0.25) is 10.1 Å². The number of hydrogen-bond donors (Lipinski definition) is 1. The van der Waals surface area contributed by atoms with Crippen LogP contribution >= 0.6 is 0 Å². The number of anilines is 1. The van der Waals surface area contributed by atoms with Gasteiger partial charge in [0.05, 0.1) is 25.3 Å². The Hall–Kier alpha value is -2.83. The maximum absolute atomic E-state index is 11.5. The van der Waals surface area contributed by atoms with Gasteiger partial charge >= 0.3 is 11.9 Å². The lowest BCUT2D eigenvalue weighted by Crippen LogP contribution is -2.05. The zero-order chi connectivity index (χ0) is 15.4. The largest absolute Gasteiger partial charge is 0.465 e. The van der Waals surface area contributed by atoms with Crippen LogP contribution in [0.5, 0.6) is 0 Å². The summed E-state index contributed by atoms with van der Waals surface area (Å²) in [7, 11) is 1.32. The Balaban J connectivity index is 2.11. The lowest BCUT2D eigenvalue weighted by Gasteiger charge is -2.09. The van der Waals surface area contributed by atoms with Crippen LogP contribution in [0, 0.1) is 17.0 Å². The molecule has 0 fully saturated rings. The number of rotatable bonds is 5. The number of nitrogens with zero attached hydrogens (tertiary/aromatic N) is 1. The topological polar surface area (TPSA) is 94.6 Å². The molecule has 1 aromatic heterocycles. The van der Waals surface area contributed by atoms with Crippen LogP contribution in [0.25, 0.3) is 0 Å². The van der Waals surface area contributed by atoms with Gasteiger partial charge in [-0.05, 0) is 30.7 Å². The van der Waals surface area contributed by atoms with E-state index >= 15 is 0 Å². The quantitative estimate of drug-likeness (QED) is 0.517. The maximum Gasteiger partial charge on any atom is 0.433 e. The Morgan fingerprint density at radius 1 is 1.38 bits per heavy atom. The molecule has 0 amide bonds. The van der Waals surface area contributed by atoms with Crippen molar-refractivity contribution in [1.29, 1.82) is 0 Å². The molecule has 7 nitrogen and oxygen atoms in total. The molecule has 21 heavy (non-hydrogen) atoms. The van der Waals surface area contributed by atoms with E-state index in [-0.39, 0.29) is 12.4 Å². The Morgan fingerprint density at radius 3 is 2.76 bits per heavy atom. The van der Waals surface area contributed by atoms with Gasteiger partial charge in [0, 0.05) is 5.69 Å². The summed E-state index contributed by atoms with van der Waals surface area (Å²) in [5.41, 5.74) is 2.09. The molecule has 0 radical (unpaired) electrons. The Bertz CT molecular complexity index is 678. The fraction of sp³-hybridized carbons (Fsp3) is 0.214. The van der Waals surface area contributed by atoms with Gasteiger partial charge in [0.2, 0.25) is 0 Å². The molecule has 7 heteroatoms. The zero-order valence-electron chi connectivity index (χ0n) is 11.6. The highest BCUT2D eigenvalue weighted by atomic mass is 16.6. The fourth-order valence-corrected chi connectivity index (χ4v) is 1.80. The van der Waals surface area contributed by atoms with Gasteiger partial charge in [-0.25, -0.2) is 4.79 Å². The molecule has 0 saturated carbocycles. The van der Waals surface area contributed by atoms with Crippen LogP contribution in [0.4, 0.5) is 11.6 Å². The fourth-order valence-electron chi connectivity index (χ4n) is 1.80. The number of nitro groups is 1.